The van der Waals surface area contributed by atoms with Crippen LogP contribution in [0, 0.1) is 0 Å². The molecule has 128 valence electrons. The van der Waals surface area contributed by atoms with E-state index in [4.69, 9.17) is 14.6 Å². The number of nitrogens with one attached hydrogen (secondary N) is 1. The number of alkyl carbamates (subject to hydrolysis) is 1. The summed E-state index contributed by atoms with van der Waals surface area (Å²) in [4.78, 5) is 35.1. The van der Waals surface area contributed by atoms with E-state index >= 15 is 0 Å². The number of hydrogen-bond acceptors (Lipinski definition) is 6. The van der Waals surface area contributed by atoms with E-state index in [1.165, 1.54) is 0 Å². The number of ether oxygens (including phenoxy) is 2. The molecule has 0 spiro atoms. The van der Waals surface area contributed by atoms with Crippen LogP contribution in [-0.4, -0.2) is 46.8 Å². The van der Waals surface area contributed by atoms with Crippen LogP contribution in [-0.2, 0) is 19.1 Å². The van der Waals surface area contributed by atoms with Crippen molar-refractivity contribution in [2.24, 2.45) is 0 Å². The highest BCUT2D eigenvalue weighted by Gasteiger charge is 2.28. The van der Waals surface area contributed by atoms with E-state index in [1.807, 2.05) is 0 Å². The van der Waals surface area contributed by atoms with Crippen molar-refractivity contribution in [3.8, 4) is 0 Å². The van der Waals surface area contributed by atoms with Gasteiger partial charge in [-0.15, -0.1) is 0 Å². The predicted octanol–water partition coefficient (Wildman–Crippen LogP) is 1.56. The van der Waals surface area contributed by atoms with E-state index in [2.05, 4.69) is 5.32 Å². The summed E-state index contributed by atoms with van der Waals surface area (Å²) in [5.41, 5.74) is -1.42. The van der Waals surface area contributed by atoms with Crippen LogP contribution in [0.3, 0.4) is 0 Å². The molecule has 0 aliphatic heterocycles. The molecule has 0 rings (SSSR count). The van der Waals surface area contributed by atoms with Crippen molar-refractivity contribution in [2.45, 2.75) is 71.6 Å². The first-order valence-electron chi connectivity index (χ1n) is 7.19. The molecule has 0 bridgehead atoms. The number of hydrogen-bond donors (Lipinski definition) is 2. The third-order valence-corrected chi connectivity index (χ3v) is 2.27. The molecular weight excluding hydrogens is 290 g/mol. The maximum absolute atomic E-state index is 12.1. The number of aliphatic hydroxyl groups excluding tert-OH is 1. The minimum atomic E-state index is -1.01. The molecule has 0 heterocycles. The van der Waals surface area contributed by atoms with Crippen molar-refractivity contribution in [3.63, 3.8) is 0 Å². The first-order valence-corrected chi connectivity index (χ1v) is 7.19. The summed E-state index contributed by atoms with van der Waals surface area (Å²) in [5, 5.41) is 11.1. The second-order valence-electron chi connectivity index (χ2n) is 6.97. The van der Waals surface area contributed by atoms with Crippen LogP contribution in [0.15, 0.2) is 0 Å². The van der Waals surface area contributed by atoms with Gasteiger partial charge in [0.05, 0.1) is 0 Å². The minimum Gasteiger partial charge on any atom is -0.458 e. The topological polar surface area (TPSA) is 102 Å². The second-order valence-corrected chi connectivity index (χ2v) is 6.97. The van der Waals surface area contributed by atoms with Gasteiger partial charge in [0.25, 0.3) is 0 Å². The van der Waals surface area contributed by atoms with Gasteiger partial charge in [-0.1, -0.05) is 0 Å². The minimum absolute atomic E-state index is 0.0353. The lowest BCUT2D eigenvalue weighted by Gasteiger charge is -2.26. The van der Waals surface area contributed by atoms with Crippen LogP contribution >= 0.6 is 0 Å². The number of esters is 1. The average Bonchev–Trinajstić information content (AvgIpc) is 2.29. The van der Waals surface area contributed by atoms with Crippen molar-refractivity contribution in [3.05, 3.63) is 0 Å². The largest absolute Gasteiger partial charge is 0.458 e. The summed E-state index contributed by atoms with van der Waals surface area (Å²) in [5.74, 6) is -1.07. The van der Waals surface area contributed by atoms with Crippen LogP contribution in [0.25, 0.3) is 0 Å². The first kappa shape index (κ1) is 20.4. The van der Waals surface area contributed by atoms with E-state index in [-0.39, 0.29) is 12.8 Å². The second kappa shape index (κ2) is 8.12. The molecule has 1 amide bonds. The van der Waals surface area contributed by atoms with Gasteiger partial charge in [-0.2, -0.15) is 0 Å². The van der Waals surface area contributed by atoms with Crippen molar-refractivity contribution >= 4 is 17.8 Å². The highest BCUT2D eigenvalue weighted by Crippen LogP contribution is 2.12. The van der Waals surface area contributed by atoms with Gasteiger partial charge >= 0.3 is 12.1 Å². The normalized spacial score (nSPS) is 13.2. The zero-order valence-electron chi connectivity index (χ0n) is 14.2. The number of aliphatic hydroxyl groups is 1. The van der Waals surface area contributed by atoms with Gasteiger partial charge in [0, 0.05) is 6.42 Å². The number of Topliss-reactive ketones (excluding diaryl/α,β-unsaturated/α-hetero) is 1. The van der Waals surface area contributed by atoms with Crippen LogP contribution in [0.4, 0.5) is 4.79 Å². The number of amides is 1. The smallest absolute Gasteiger partial charge is 0.408 e. The summed E-state index contributed by atoms with van der Waals surface area (Å²) >= 11 is 0. The maximum atomic E-state index is 12.1. The Labute approximate surface area is 131 Å². The molecule has 0 aliphatic carbocycles. The van der Waals surface area contributed by atoms with E-state index in [9.17, 15) is 14.4 Å². The highest BCUT2D eigenvalue weighted by molar-refractivity contribution is 5.84. The summed E-state index contributed by atoms with van der Waals surface area (Å²) in [6.07, 6.45) is -0.774. The maximum Gasteiger partial charge on any atom is 0.408 e. The third kappa shape index (κ3) is 10.1. The number of carbonyl (C=O) groups is 3. The number of ketones is 1. The highest BCUT2D eigenvalue weighted by atomic mass is 16.6. The van der Waals surface area contributed by atoms with Gasteiger partial charge in [0.1, 0.15) is 23.9 Å². The molecule has 7 nitrogen and oxygen atoms in total. The molecule has 0 aliphatic rings. The van der Waals surface area contributed by atoms with Crippen molar-refractivity contribution in [1.82, 2.24) is 5.32 Å². The Balaban J connectivity index is 4.81. The fraction of sp³-hybridized carbons (Fsp3) is 0.800. The molecule has 0 saturated carbocycles. The lowest BCUT2D eigenvalue weighted by atomic mass is 10.1. The fourth-order valence-corrected chi connectivity index (χ4v) is 1.46. The van der Waals surface area contributed by atoms with E-state index in [1.54, 1.807) is 41.5 Å². The summed E-state index contributed by atoms with van der Waals surface area (Å²) in [7, 11) is 0. The molecular formula is C15H27NO6. The Bertz CT molecular complexity index is 405. The summed E-state index contributed by atoms with van der Waals surface area (Å²) < 4.78 is 10.3. The van der Waals surface area contributed by atoms with Gasteiger partial charge in [-0.3, -0.25) is 4.79 Å². The molecule has 0 radical (unpaired) electrons. The zero-order chi connectivity index (χ0) is 17.6. The molecule has 0 unspecified atom stereocenters. The summed E-state index contributed by atoms with van der Waals surface area (Å²) in [6.45, 7) is 9.60. The average molecular weight is 317 g/mol. The van der Waals surface area contributed by atoms with Crippen LogP contribution < -0.4 is 5.32 Å². The standard InChI is InChI=1S/C15H27NO6/c1-14(2,3)21-12(19)11(8-7-10(18)9-17)16-13(20)22-15(4,5)6/h11,17H,7-9H2,1-6H3,(H,16,20)/t11-/m0/s1. The zero-order valence-corrected chi connectivity index (χ0v) is 14.2. The summed E-state index contributed by atoms with van der Waals surface area (Å²) in [6, 6.07) is -1.01. The number of rotatable bonds is 6. The van der Waals surface area contributed by atoms with Crippen molar-refractivity contribution in [2.75, 3.05) is 6.61 Å². The molecule has 7 heteroatoms. The van der Waals surface area contributed by atoms with Crippen LogP contribution in [0.1, 0.15) is 54.4 Å². The lowest BCUT2D eigenvalue weighted by Crippen LogP contribution is -2.46. The Kier molecular flexibility index (Phi) is 7.52. The van der Waals surface area contributed by atoms with Crippen LogP contribution in [0.5, 0.6) is 0 Å². The quantitative estimate of drug-likeness (QED) is 0.721. The molecule has 0 aromatic rings. The van der Waals surface area contributed by atoms with Gasteiger partial charge in [-0.25, -0.2) is 9.59 Å². The monoisotopic (exact) mass is 317 g/mol. The molecule has 22 heavy (non-hydrogen) atoms. The Morgan fingerprint density at radius 1 is 1.00 bits per heavy atom. The Morgan fingerprint density at radius 3 is 1.91 bits per heavy atom. The molecule has 0 aromatic heterocycles. The van der Waals surface area contributed by atoms with Crippen molar-refractivity contribution < 1.29 is 29.0 Å². The Hall–Kier alpha value is -1.63. The van der Waals surface area contributed by atoms with Crippen molar-refractivity contribution in [1.29, 1.82) is 0 Å². The predicted molar refractivity (Wildman–Crippen MR) is 80.3 cm³/mol. The van der Waals surface area contributed by atoms with E-state index in [0.717, 1.165) is 0 Å². The number of carbonyl (C=O) groups excluding carboxylic acids is 3. The van der Waals surface area contributed by atoms with E-state index in [0.29, 0.717) is 0 Å². The van der Waals surface area contributed by atoms with Crippen LogP contribution in [0.2, 0.25) is 0 Å². The third-order valence-electron chi connectivity index (χ3n) is 2.27. The van der Waals surface area contributed by atoms with Gasteiger partial charge < -0.3 is 19.9 Å². The van der Waals surface area contributed by atoms with Gasteiger partial charge in [-0.05, 0) is 48.0 Å². The lowest BCUT2D eigenvalue weighted by molar-refractivity contribution is -0.157. The fourth-order valence-electron chi connectivity index (χ4n) is 1.46. The molecule has 0 aromatic carbocycles. The SMILES string of the molecule is CC(C)(C)OC(=O)N[C@@H](CCC(=O)CO)C(=O)OC(C)(C)C. The van der Waals surface area contributed by atoms with E-state index < -0.39 is 41.7 Å². The Morgan fingerprint density at radius 2 is 1.50 bits per heavy atom. The van der Waals surface area contributed by atoms with Gasteiger partial charge in [0.15, 0.2) is 5.78 Å². The molecule has 2 N–H and O–H groups in total. The molecule has 1 atom stereocenters. The molecule has 0 fully saturated rings. The first-order chi connectivity index (χ1) is 9.84. The molecule has 0 saturated heterocycles. The van der Waals surface area contributed by atoms with Gasteiger partial charge in [0.2, 0.25) is 0 Å².